The number of aromatic amines is 1. The van der Waals surface area contributed by atoms with Crippen LogP contribution in [0.5, 0.6) is 11.5 Å². The lowest BCUT2D eigenvalue weighted by atomic mass is 9.69. The lowest BCUT2D eigenvalue weighted by Gasteiger charge is -2.38. The summed E-state index contributed by atoms with van der Waals surface area (Å²) < 4.78 is 11.0. The highest BCUT2D eigenvalue weighted by molar-refractivity contribution is 7.98. The van der Waals surface area contributed by atoms with Crippen LogP contribution in [-0.4, -0.2) is 36.2 Å². The van der Waals surface area contributed by atoms with Gasteiger partial charge in [-0.15, -0.1) is 0 Å². The summed E-state index contributed by atoms with van der Waals surface area (Å²) in [5, 5.41) is 3.83. The van der Waals surface area contributed by atoms with Crippen LogP contribution in [0.3, 0.4) is 0 Å². The van der Waals surface area contributed by atoms with Gasteiger partial charge >= 0.3 is 0 Å². The van der Waals surface area contributed by atoms with Crippen LogP contribution >= 0.6 is 11.8 Å². The first kappa shape index (κ1) is 20.5. The van der Waals surface area contributed by atoms with E-state index >= 15 is 0 Å². The highest BCUT2D eigenvalue weighted by Crippen LogP contribution is 2.49. The zero-order chi connectivity index (χ0) is 21.6. The van der Waals surface area contributed by atoms with E-state index in [1.165, 1.54) is 11.8 Å². The number of nitrogens with one attached hydrogen (secondary N) is 2. The van der Waals surface area contributed by atoms with Gasteiger partial charge in [-0.25, -0.2) is 4.98 Å². The number of carbonyl (C=O) groups excluding carboxylic acids is 1. The molecule has 2 aromatic rings. The van der Waals surface area contributed by atoms with Crippen LogP contribution < -0.4 is 20.3 Å². The lowest BCUT2D eigenvalue weighted by molar-refractivity contribution is -0.118. The Hall–Kier alpha value is -2.74. The van der Waals surface area contributed by atoms with Crippen molar-refractivity contribution >= 4 is 23.4 Å². The summed E-state index contributed by atoms with van der Waals surface area (Å²) >= 11 is 1.36. The number of benzene rings is 1. The maximum absolute atomic E-state index is 13.3. The molecule has 0 unspecified atom stereocenters. The molecule has 4 rings (SSSR count). The van der Waals surface area contributed by atoms with Crippen molar-refractivity contribution in [1.82, 2.24) is 9.97 Å². The predicted molar refractivity (Wildman–Crippen MR) is 117 cm³/mol. The van der Waals surface area contributed by atoms with E-state index in [2.05, 4.69) is 29.1 Å². The number of hydrogen-bond acceptors (Lipinski definition) is 7. The second-order valence-electron chi connectivity index (χ2n) is 8.34. The largest absolute Gasteiger partial charge is 0.497 e. The number of carbonyl (C=O) groups is 1. The summed E-state index contributed by atoms with van der Waals surface area (Å²) in [6, 6.07) is 5.42. The summed E-state index contributed by atoms with van der Waals surface area (Å²) in [4.78, 5) is 33.9. The average Bonchev–Trinajstić information content (AvgIpc) is 2.70. The van der Waals surface area contributed by atoms with E-state index in [0.29, 0.717) is 52.0 Å². The third-order valence-corrected chi connectivity index (χ3v) is 6.22. The molecule has 1 aromatic carbocycles. The maximum atomic E-state index is 13.3. The molecule has 1 aliphatic carbocycles. The SMILES string of the molecule is COc1ccc(OC)c([C@@H]2C3=C(CC(C)(C)CC3=O)Nc3nc(SC)[nH]c(=O)c32)c1. The minimum absolute atomic E-state index is 0.0302. The summed E-state index contributed by atoms with van der Waals surface area (Å²) in [6.07, 6.45) is 2.97. The van der Waals surface area contributed by atoms with Crippen molar-refractivity contribution in [3.63, 3.8) is 0 Å². The Balaban J connectivity index is 2.03. The molecule has 0 radical (unpaired) electrons. The van der Waals surface area contributed by atoms with Gasteiger partial charge in [0.15, 0.2) is 10.9 Å². The van der Waals surface area contributed by atoms with E-state index in [9.17, 15) is 9.59 Å². The number of ketones is 1. The number of nitrogens with zero attached hydrogens (tertiary/aromatic N) is 1. The maximum Gasteiger partial charge on any atom is 0.257 e. The normalized spacial score (nSPS) is 19.6. The second-order valence-corrected chi connectivity index (χ2v) is 9.13. The fraction of sp³-hybridized carbons (Fsp3) is 0.409. The molecule has 30 heavy (non-hydrogen) atoms. The number of ether oxygens (including phenoxy) is 2. The highest BCUT2D eigenvalue weighted by atomic mass is 32.2. The monoisotopic (exact) mass is 427 g/mol. The summed E-state index contributed by atoms with van der Waals surface area (Å²) in [7, 11) is 3.16. The van der Waals surface area contributed by atoms with E-state index < -0.39 is 5.92 Å². The smallest absolute Gasteiger partial charge is 0.257 e. The number of H-pyrrole nitrogens is 1. The minimum atomic E-state index is -0.586. The first-order valence-electron chi connectivity index (χ1n) is 9.71. The molecule has 0 amide bonds. The Labute approximate surface area is 179 Å². The Kier molecular flexibility index (Phi) is 5.13. The first-order valence-corrected chi connectivity index (χ1v) is 10.9. The molecule has 1 atom stereocenters. The molecule has 0 fully saturated rings. The number of anilines is 1. The average molecular weight is 428 g/mol. The topological polar surface area (TPSA) is 93.3 Å². The van der Waals surface area contributed by atoms with Gasteiger partial charge in [0.1, 0.15) is 17.3 Å². The summed E-state index contributed by atoms with van der Waals surface area (Å²) in [5.41, 5.74) is 2.13. The van der Waals surface area contributed by atoms with Crippen molar-refractivity contribution in [3.8, 4) is 11.5 Å². The van der Waals surface area contributed by atoms with E-state index in [-0.39, 0.29) is 16.8 Å². The van der Waals surface area contributed by atoms with Crippen molar-refractivity contribution in [2.45, 2.75) is 37.8 Å². The number of thioether (sulfide) groups is 1. The quantitative estimate of drug-likeness (QED) is 0.567. The van der Waals surface area contributed by atoms with E-state index in [1.54, 1.807) is 26.4 Å². The summed E-state index contributed by atoms with van der Waals surface area (Å²) in [5.74, 6) is 1.15. The van der Waals surface area contributed by atoms with Crippen molar-refractivity contribution < 1.29 is 14.3 Å². The molecule has 1 aliphatic heterocycles. The van der Waals surface area contributed by atoms with Crippen LogP contribution in [0, 0.1) is 5.41 Å². The molecule has 0 spiro atoms. The molecule has 7 nitrogen and oxygen atoms in total. The van der Waals surface area contributed by atoms with E-state index in [1.807, 2.05) is 12.3 Å². The zero-order valence-electron chi connectivity index (χ0n) is 17.7. The summed E-state index contributed by atoms with van der Waals surface area (Å²) in [6.45, 7) is 4.15. The van der Waals surface area contributed by atoms with Gasteiger partial charge in [0, 0.05) is 23.3 Å². The van der Waals surface area contributed by atoms with Gasteiger partial charge < -0.3 is 19.8 Å². The molecular formula is C22H25N3O4S. The van der Waals surface area contributed by atoms with Crippen LogP contribution in [0.25, 0.3) is 0 Å². The fourth-order valence-electron chi connectivity index (χ4n) is 4.37. The van der Waals surface area contributed by atoms with Gasteiger partial charge in [0.05, 0.1) is 25.7 Å². The van der Waals surface area contributed by atoms with Gasteiger partial charge in [0.25, 0.3) is 5.56 Å². The van der Waals surface area contributed by atoms with Crippen molar-refractivity contribution in [2.75, 3.05) is 25.8 Å². The molecule has 1 aromatic heterocycles. The number of hydrogen-bond donors (Lipinski definition) is 2. The van der Waals surface area contributed by atoms with Gasteiger partial charge in [-0.05, 0) is 36.3 Å². The second kappa shape index (κ2) is 7.50. The Morgan fingerprint density at radius 3 is 2.60 bits per heavy atom. The van der Waals surface area contributed by atoms with Crippen molar-refractivity contribution in [1.29, 1.82) is 0 Å². The van der Waals surface area contributed by atoms with Crippen LogP contribution in [0.2, 0.25) is 0 Å². The number of rotatable bonds is 4. The molecule has 0 bridgehead atoms. The molecule has 0 saturated heterocycles. The van der Waals surface area contributed by atoms with E-state index in [4.69, 9.17) is 9.47 Å². The predicted octanol–water partition coefficient (Wildman–Crippen LogP) is 3.71. The highest BCUT2D eigenvalue weighted by Gasteiger charge is 2.43. The van der Waals surface area contributed by atoms with Crippen molar-refractivity contribution in [2.24, 2.45) is 5.41 Å². The van der Waals surface area contributed by atoms with Gasteiger partial charge in [0.2, 0.25) is 0 Å². The fourth-order valence-corrected chi connectivity index (χ4v) is 4.74. The van der Waals surface area contributed by atoms with Gasteiger partial charge in [-0.2, -0.15) is 0 Å². The third-order valence-electron chi connectivity index (χ3n) is 5.64. The number of aromatic nitrogens is 2. The number of Topliss-reactive ketones (excluding diaryl/α,β-unsaturated/α-hetero) is 1. The van der Waals surface area contributed by atoms with Crippen LogP contribution in [-0.2, 0) is 4.79 Å². The van der Waals surface area contributed by atoms with Crippen LogP contribution in [0.15, 0.2) is 39.4 Å². The standard InChI is InChI=1S/C22H25N3O4S/c1-22(2)9-13-17(14(26)10-22)16(12-8-11(28-3)6-7-15(12)29-4)18-19(23-13)24-21(30-5)25-20(18)27/h6-8,16H,9-10H2,1-5H3,(H2,23,24,25,27)/t16-/m1/s1. The molecule has 2 heterocycles. The van der Waals surface area contributed by atoms with Crippen molar-refractivity contribution in [3.05, 3.63) is 50.9 Å². The van der Waals surface area contributed by atoms with Gasteiger partial charge in [-0.3, -0.25) is 9.59 Å². The number of allylic oxidation sites excluding steroid dienone is 2. The molecule has 158 valence electrons. The third kappa shape index (κ3) is 3.39. The minimum Gasteiger partial charge on any atom is -0.497 e. The molecule has 0 saturated carbocycles. The lowest BCUT2D eigenvalue weighted by Crippen LogP contribution is -2.37. The Morgan fingerprint density at radius 1 is 1.17 bits per heavy atom. The number of fused-ring (bicyclic) bond motifs is 1. The molecule has 2 aliphatic rings. The molecule has 2 N–H and O–H groups in total. The molecule has 8 heteroatoms. The zero-order valence-corrected chi connectivity index (χ0v) is 18.5. The Bertz CT molecular complexity index is 1120. The van der Waals surface area contributed by atoms with Crippen LogP contribution in [0.4, 0.5) is 5.82 Å². The van der Waals surface area contributed by atoms with E-state index in [0.717, 1.165) is 5.70 Å². The first-order chi connectivity index (χ1) is 14.3. The number of methoxy groups -OCH3 is 2. The molecular weight excluding hydrogens is 402 g/mol. The Morgan fingerprint density at radius 2 is 1.93 bits per heavy atom. The van der Waals surface area contributed by atoms with Gasteiger partial charge in [-0.1, -0.05) is 25.6 Å². The van der Waals surface area contributed by atoms with Crippen LogP contribution in [0.1, 0.15) is 43.7 Å².